The van der Waals surface area contributed by atoms with E-state index in [1.807, 2.05) is 6.07 Å². The van der Waals surface area contributed by atoms with Gasteiger partial charge in [-0.3, -0.25) is 9.59 Å². The molecule has 7 heteroatoms. The Morgan fingerprint density at radius 3 is 2.42 bits per heavy atom. The molecule has 0 heterocycles. The molecule has 132 valence electrons. The highest BCUT2D eigenvalue weighted by molar-refractivity contribution is 5.97. The van der Waals surface area contributed by atoms with Gasteiger partial charge < -0.3 is 15.7 Å². The number of nitrogens with one attached hydrogen (secondary N) is 2. The molecule has 2 aromatic rings. The lowest BCUT2D eigenvalue weighted by Crippen LogP contribution is -2.42. The lowest BCUT2D eigenvalue weighted by molar-refractivity contribution is -0.139. The highest BCUT2D eigenvalue weighted by atomic mass is 16.4. The van der Waals surface area contributed by atoms with Gasteiger partial charge in [0, 0.05) is 24.6 Å². The number of benzene rings is 2. The second-order valence-corrected chi connectivity index (χ2v) is 5.64. The number of rotatable bonds is 6. The van der Waals surface area contributed by atoms with Gasteiger partial charge in [0.25, 0.3) is 5.91 Å². The van der Waals surface area contributed by atoms with E-state index in [-0.39, 0.29) is 17.9 Å². The van der Waals surface area contributed by atoms with E-state index in [1.165, 1.54) is 19.1 Å². The number of nitriles is 1. The Balaban J connectivity index is 2.09. The fourth-order valence-electron chi connectivity index (χ4n) is 2.35. The van der Waals surface area contributed by atoms with Crippen molar-refractivity contribution in [2.75, 3.05) is 5.32 Å². The third-order valence-corrected chi connectivity index (χ3v) is 3.57. The average molecular weight is 351 g/mol. The van der Waals surface area contributed by atoms with Crippen molar-refractivity contribution in [3.63, 3.8) is 0 Å². The van der Waals surface area contributed by atoms with Gasteiger partial charge in [-0.1, -0.05) is 12.1 Å². The van der Waals surface area contributed by atoms with Crippen molar-refractivity contribution >= 4 is 23.5 Å². The average Bonchev–Trinajstić information content (AvgIpc) is 2.61. The molecule has 2 aromatic carbocycles. The van der Waals surface area contributed by atoms with E-state index < -0.39 is 17.9 Å². The van der Waals surface area contributed by atoms with Crippen molar-refractivity contribution in [3.8, 4) is 6.07 Å². The van der Waals surface area contributed by atoms with E-state index in [9.17, 15) is 19.5 Å². The summed E-state index contributed by atoms with van der Waals surface area (Å²) in [6, 6.07) is 13.5. The molecule has 1 atom stereocenters. The van der Waals surface area contributed by atoms with Crippen molar-refractivity contribution in [1.82, 2.24) is 5.32 Å². The number of carboxylic acid groups (broad SMARTS) is 1. The Morgan fingerprint density at radius 1 is 1.15 bits per heavy atom. The first kappa shape index (κ1) is 18.7. The first-order valence-corrected chi connectivity index (χ1v) is 7.79. The number of hydrogen-bond acceptors (Lipinski definition) is 4. The zero-order valence-electron chi connectivity index (χ0n) is 14.0. The SMILES string of the molecule is CC(=O)Nc1ccc(C(=O)N[C@@H](Cc2cccc(C#N)c2)C(=O)O)cc1. The second kappa shape index (κ2) is 8.44. The molecule has 0 aliphatic carbocycles. The maximum atomic E-state index is 12.3. The van der Waals surface area contributed by atoms with Crippen molar-refractivity contribution in [1.29, 1.82) is 5.26 Å². The molecule has 0 saturated carbocycles. The molecular weight excluding hydrogens is 334 g/mol. The minimum atomic E-state index is -1.17. The van der Waals surface area contributed by atoms with Crippen LogP contribution in [0.2, 0.25) is 0 Å². The first-order chi connectivity index (χ1) is 12.4. The number of anilines is 1. The van der Waals surface area contributed by atoms with Gasteiger partial charge in [-0.25, -0.2) is 4.79 Å². The molecule has 0 aromatic heterocycles. The summed E-state index contributed by atoms with van der Waals surface area (Å²) >= 11 is 0. The normalized spacial score (nSPS) is 11.1. The minimum Gasteiger partial charge on any atom is -0.480 e. The molecule has 3 N–H and O–H groups in total. The molecule has 0 unspecified atom stereocenters. The summed E-state index contributed by atoms with van der Waals surface area (Å²) in [4.78, 5) is 34.8. The van der Waals surface area contributed by atoms with Crippen LogP contribution in [0, 0.1) is 11.3 Å². The summed E-state index contributed by atoms with van der Waals surface area (Å²) in [5.41, 5.74) is 1.87. The van der Waals surface area contributed by atoms with Gasteiger partial charge in [0.15, 0.2) is 0 Å². The quantitative estimate of drug-likeness (QED) is 0.735. The number of carbonyl (C=O) groups excluding carboxylic acids is 2. The van der Waals surface area contributed by atoms with Gasteiger partial charge in [0.05, 0.1) is 11.6 Å². The van der Waals surface area contributed by atoms with Crippen molar-refractivity contribution in [2.45, 2.75) is 19.4 Å². The monoisotopic (exact) mass is 351 g/mol. The maximum Gasteiger partial charge on any atom is 0.326 e. The van der Waals surface area contributed by atoms with E-state index in [4.69, 9.17) is 5.26 Å². The lowest BCUT2D eigenvalue weighted by Gasteiger charge is -2.15. The van der Waals surface area contributed by atoms with Crippen LogP contribution >= 0.6 is 0 Å². The fraction of sp³-hybridized carbons (Fsp3) is 0.158. The number of hydrogen-bond donors (Lipinski definition) is 3. The molecule has 0 fully saturated rings. The van der Waals surface area contributed by atoms with Crippen LogP contribution in [0.5, 0.6) is 0 Å². The maximum absolute atomic E-state index is 12.3. The lowest BCUT2D eigenvalue weighted by atomic mass is 10.0. The molecule has 2 amide bonds. The van der Waals surface area contributed by atoms with E-state index in [0.29, 0.717) is 16.8 Å². The highest BCUT2D eigenvalue weighted by Crippen LogP contribution is 2.11. The molecule has 7 nitrogen and oxygen atoms in total. The van der Waals surface area contributed by atoms with Crippen LogP contribution in [0.15, 0.2) is 48.5 Å². The minimum absolute atomic E-state index is 0.0561. The fourth-order valence-corrected chi connectivity index (χ4v) is 2.35. The van der Waals surface area contributed by atoms with E-state index >= 15 is 0 Å². The molecule has 0 aliphatic heterocycles. The Labute approximate surface area is 150 Å². The second-order valence-electron chi connectivity index (χ2n) is 5.64. The van der Waals surface area contributed by atoms with Gasteiger partial charge in [-0.2, -0.15) is 5.26 Å². The van der Waals surface area contributed by atoms with Crippen LogP contribution in [-0.2, 0) is 16.0 Å². The van der Waals surface area contributed by atoms with Crippen LogP contribution < -0.4 is 10.6 Å². The predicted octanol–water partition coefficient (Wildman–Crippen LogP) is 1.94. The van der Waals surface area contributed by atoms with Gasteiger partial charge in [0.2, 0.25) is 5.91 Å². The smallest absolute Gasteiger partial charge is 0.326 e. The Bertz CT molecular complexity index is 869. The Morgan fingerprint density at radius 2 is 1.85 bits per heavy atom. The van der Waals surface area contributed by atoms with Crippen LogP contribution in [0.1, 0.15) is 28.4 Å². The van der Waals surface area contributed by atoms with Crippen LogP contribution in [-0.4, -0.2) is 28.9 Å². The largest absolute Gasteiger partial charge is 0.480 e. The first-order valence-electron chi connectivity index (χ1n) is 7.79. The number of carboxylic acids is 1. The van der Waals surface area contributed by atoms with E-state index in [2.05, 4.69) is 10.6 Å². The van der Waals surface area contributed by atoms with E-state index in [1.54, 1.807) is 36.4 Å². The zero-order valence-corrected chi connectivity index (χ0v) is 14.0. The zero-order chi connectivity index (χ0) is 19.1. The third kappa shape index (κ3) is 5.18. The van der Waals surface area contributed by atoms with Crippen molar-refractivity contribution in [3.05, 3.63) is 65.2 Å². The molecule has 26 heavy (non-hydrogen) atoms. The predicted molar refractivity (Wildman–Crippen MR) is 94.5 cm³/mol. The Kier molecular flexibility index (Phi) is 6.06. The summed E-state index contributed by atoms with van der Waals surface area (Å²) in [6.07, 6.45) is 0.0561. The summed E-state index contributed by atoms with van der Waals surface area (Å²) in [7, 11) is 0. The van der Waals surface area contributed by atoms with Gasteiger partial charge >= 0.3 is 5.97 Å². The molecule has 0 bridgehead atoms. The van der Waals surface area contributed by atoms with Crippen molar-refractivity contribution < 1.29 is 19.5 Å². The third-order valence-electron chi connectivity index (χ3n) is 3.57. The standard InChI is InChI=1S/C19H17N3O4/c1-12(23)21-16-7-5-15(6-8-16)18(24)22-17(19(25)26)10-13-3-2-4-14(9-13)11-20/h2-9,17H,10H2,1H3,(H,21,23)(H,22,24)(H,25,26)/t17-/m0/s1. The summed E-state index contributed by atoms with van der Waals surface area (Å²) in [6.45, 7) is 1.37. The molecule has 0 radical (unpaired) electrons. The number of nitrogens with zero attached hydrogens (tertiary/aromatic N) is 1. The Hall–Kier alpha value is -3.66. The molecule has 0 aliphatic rings. The highest BCUT2D eigenvalue weighted by Gasteiger charge is 2.21. The van der Waals surface area contributed by atoms with E-state index in [0.717, 1.165) is 0 Å². The van der Waals surface area contributed by atoms with Crippen LogP contribution in [0.25, 0.3) is 0 Å². The van der Waals surface area contributed by atoms with Crippen molar-refractivity contribution in [2.24, 2.45) is 0 Å². The van der Waals surface area contributed by atoms with Gasteiger partial charge in [0.1, 0.15) is 6.04 Å². The van der Waals surface area contributed by atoms with Crippen LogP contribution in [0.3, 0.4) is 0 Å². The molecule has 2 rings (SSSR count). The van der Waals surface area contributed by atoms with Gasteiger partial charge in [-0.05, 0) is 42.0 Å². The number of aliphatic carboxylic acids is 1. The topological polar surface area (TPSA) is 119 Å². The molecular formula is C19H17N3O4. The summed E-state index contributed by atoms with van der Waals surface area (Å²) < 4.78 is 0. The summed E-state index contributed by atoms with van der Waals surface area (Å²) in [5, 5.41) is 23.3. The van der Waals surface area contributed by atoms with Gasteiger partial charge in [-0.15, -0.1) is 0 Å². The van der Waals surface area contributed by atoms with Crippen LogP contribution in [0.4, 0.5) is 5.69 Å². The molecule has 0 saturated heterocycles. The molecule has 0 spiro atoms. The summed E-state index contributed by atoms with van der Waals surface area (Å²) in [5.74, 6) is -1.94. The number of amides is 2. The number of carbonyl (C=O) groups is 3.